The summed E-state index contributed by atoms with van der Waals surface area (Å²) in [7, 11) is 4.77. The summed E-state index contributed by atoms with van der Waals surface area (Å²) in [6, 6.07) is 11.9. The summed E-state index contributed by atoms with van der Waals surface area (Å²) < 4.78 is 13.1. The molecule has 2 aromatic carbocycles. The predicted octanol–water partition coefficient (Wildman–Crippen LogP) is 2.66. The fourth-order valence-corrected chi connectivity index (χ4v) is 3.95. The summed E-state index contributed by atoms with van der Waals surface area (Å²) in [5.41, 5.74) is 0.751. The monoisotopic (exact) mass is 482 g/mol. The van der Waals surface area contributed by atoms with Crippen molar-refractivity contribution in [1.29, 1.82) is 0 Å². The van der Waals surface area contributed by atoms with Gasteiger partial charge in [-0.15, -0.1) is 0 Å². The zero-order valence-corrected chi connectivity index (χ0v) is 19.6. The van der Waals surface area contributed by atoms with Gasteiger partial charge in [0, 0.05) is 24.8 Å². The highest BCUT2D eigenvalue weighted by Crippen LogP contribution is 2.27. The lowest BCUT2D eigenvalue weighted by atomic mass is 10.1. The molecule has 0 fully saturated rings. The fraction of sp³-hybridized carbons (Fsp3) is 0.208. The minimum absolute atomic E-state index is 0.186. The number of amides is 1. The van der Waals surface area contributed by atoms with E-state index in [9.17, 15) is 14.4 Å². The molecule has 1 amide bonds. The van der Waals surface area contributed by atoms with Gasteiger partial charge in [0.25, 0.3) is 11.5 Å². The number of hydrogen-bond donors (Lipinski definition) is 2. The number of rotatable bonds is 7. The number of H-pyrrole nitrogens is 1. The Morgan fingerprint density at radius 1 is 1.06 bits per heavy atom. The third-order valence-corrected chi connectivity index (χ3v) is 5.75. The van der Waals surface area contributed by atoms with Gasteiger partial charge < -0.3 is 24.3 Å². The van der Waals surface area contributed by atoms with Crippen LogP contribution in [0.4, 0.5) is 0 Å². The van der Waals surface area contributed by atoms with Crippen LogP contribution in [0, 0.1) is 0 Å². The largest absolute Gasteiger partial charge is 0.493 e. The van der Waals surface area contributed by atoms with Crippen molar-refractivity contribution >= 4 is 28.5 Å². The van der Waals surface area contributed by atoms with Crippen molar-refractivity contribution in [2.24, 2.45) is 7.05 Å². The molecule has 9 nitrogen and oxygen atoms in total. The molecule has 4 aromatic rings. The number of hydrogen-bond acceptors (Lipinski definition) is 5. The predicted molar refractivity (Wildman–Crippen MR) is 130 cm³/mol. The van der Waals surface area contributed by atoms with E-state index in [1.54, 1.807) is 51.6 Å². The molecule has 0 radical (unpaired) electrons. The number of aryl methyl sites for hydroxylation is 1. The Morgan fingerprint density at radius 2 is 1.76 bits per heavy atom. The Labute approximate surface area is 199 Å². The second-order valence-electron chi connectivity index (χ2n) is 7.62. The van der Waals surface area contributed by atoms with Crippen molar-refractivity contribution in [1.82, 2.24) is 19.4 Å². The Bertz CT molecular complexity index is 1480. The second kappa shape index (κ2) is 9.48. The maximum atomic E-state index is 13.1. The van der Waals surface area contributed by atoms with Crippen LogP contribution in [0.15, 0.2) is 58.3 Å². The van der Waals surface area contributed by atoms with Gasteiger partial charge in [0.05, 0.1) is 31.0 Å². The standard InChI is InChI=1S/C24H23ClN4O5/c1-28-13-17(22(30)26-11-10-14-4-9-18(33-2)19(12-14)34-3)20-21(28)23(31)29(24(32)27-20)16-7-5-15(25)6-8-16/h4-9,12-13H,10-11H2,1-3H3,(H,26,30)(H,27,32). The van der Waals surface area contributed by atoms with Gasteiger partial charge in [-0.3, -0.25) is 9.59 Å². The molecule has 0 unspecified atom stereocenters. The number of aromatic amines is 1. The molecule has 0 aliphatic heterocycles. The Kier molecular flexibility index (Phi) is 6.47. The quantitative estimate of drug-likeness (QED) is 0.421. The molecule has 0 aliphatic carbocycles. The van der Waals surface area contributed by atoms with Gasteiger partial charge in [-0.2, -0.15) is 0 Å². The number of carbonyl (C=O) groups excluding carboxylic acids is 1. The van der Waals surface area contributed by atoms with E-state index in [0.717, 1.165) is 10.1 Å². The van der Waals surface area contributed by atoms with Crippen LogP contribution < -0.4 is 26.0 Å². The lowest BCUT2D eigenvalue weighted by Gasteiger charge is -2.10. The van der Waals surface area contributed by atoms with Crippen LogP contribution in [0.3, 0.4) is 0 Å². The van der Waals surface area contributed by atoms with E-state index >= 15 is 0 Å². The average Bonchev–Trinajstić information content (AvgIpc) is 3.16. The van der Waals surface area contributed by atoms with Crippen molar-refractivity contribution in [2.75, 3.05) is 20.8 Å². The van der Waals surface area contributed by atoms with E-state index in [1.807, 2.05) is 12.1 Å². The summed E-state index contributed by atoms with van der Waals surface area (Å²) in [4.78, 5) is 41.5. The maximum absolute atomic E-state index is 13.1. The third-order valence-electron chi connectivity index (χ3n) is 5.50. The summed E-state index contributed by atoms with van der Waals surface area (Å²) in [5.74, 6) is 0.833. The molecule has 0 atom stereocenters. The molecular formula is C24H23ClN4O5. The van der Waals surface area contributed by atoms with Crippen LogP contribution in [-0.2, 0) is 13.5 Å². The van der Waals surface area contributed by atoms with Crippen molar-refractivity contribution in [3.8, 4) is 17.2 Å². The molecule has 4 rings (SSSR count). The molecule has 0 bridgehead atoms. The first-order valence-electron chi connectivity index (χ1n) is 10.4. The number of fused-ring (bicyclic) bond motifs is 1. The normalized spacial score (nSPS) is 10.9. The van der Waals surface area contributed by atoms with Crippen molar-refractivity contribution in [3.05, 3.63) is 85.6 Å². The molecule has 34 heavy (non-hydrogen) atoms. The van der Waals surface area contributed by atoms with Crippen molar-refractivity contribution in [3.63, 3.8) is 0 Å². The Balaban J connectivity index is 1.59. The van der Waals surface area contributed by atoms with Crippen LogP contribution in [0.5, 0.6) is 11.5 Å². The van der Waals surface area contributed by atoms with Crippen molar-refractivity contribution in [2.45, 2.75) is 6.42 Å². The zero-order valence-electron chi connectivity index (χ0n) is 18.8. The van der Waals surface area contributed by atoms with Crippen molar-refractivity contribution < 1.29 is 14.3 Å². The highest BCUT2D eigenvalue weighted by Gasteiger charge is 2.20. The molecule has 0 aliphatic rings. The van der Waals surface area contributed by atoms with Gasteiger partial charge in [0.15, 0.2) is 11.5 Å². The van der Waals surface area contributed by atoms with Gasteiger partial charge >= 0.3 is 5.69 Å². The summed E-state index contributed by atoms with van der Waals surface area (Å²) in [6.07, 6.45) is 2.08. The van der Waals surface area contributed by atoms with Crippen LogP contribution >= 0.6 is 11.6 Å². The Morgan fingerprint density at radius 3 is 2.44 bits per heavy atom. The molecule has 0 spiro atoms. The molecule has 2 aromatic heterocycles. The van der Waals surface area contributed by atoms with E-state index in [2.05, 4.69) is 10.3 Å². The smallest absolute Gasteiger partial charge is 0.333 e. The van der Waals surface area contributed by atoms with Gasteiger partial charge in [-0.1, -0.05) is 17.7 Å². The number of aromatic nitrogens is 3. The van der Waals surface area contributed by atoms with Gasteiger partial charge in [-0.25, -0.2) is 9.36 Å². The van der Waals surface area contributed by atoms with E-state index in [1.165, 1.54) is 10.8 Å². The topological polar surface area (TPSA) is 107 Å². The van der Waals surface area contributed by atoms with E-state index < -0.39 is 17.2 Å². The van der Waals surface area contributed by atoms with Crippen LogP contribution in [0.2, 0.25) is 5.02 Å². The molecular weight excluding hydrogens is 460 g/mol. The van der Waals surface area contributed by atoms with E-state index in [4.69, 9.17) is 21.1 Å². The lowest BCUT2D eigenvalue weighted by Crippen LogP contribution is -2.34. The van der Waals surface area contributed by atoms with Crippen LogP contribution in [0.25, 0.3) is 16.7 Å². The lowest BCUT2D eigenvalue weighted by molar-refractivity contribution is 0.0955. The summed E-state index contributed by atoms with van der Waals surface area (Å²) >= 11 is 5.91. The zero-order chi connectivity index (χ0) is 24.4. The minimum Gasteiger partial charge on any atom is -0.493 e. The molecule has 0 saturated carbocycles. The molecule has 2 heterocycles. The minimum atomic E-state index is -0.648. The first-order chi connectivity index (χ1) is 16.3. The number of ether oxygens (including phenoxy) is 2. The van der Waals surface area contributed by atoms with Crippen LogP contribution in [-0.4, -0.2) is 40.8 Å². The molecule has 2 N–H and O–H groups in total. The highest BCUT2D eigenvalue weighted by atomic mass is 35.5. The number of carbonyl (C=O) groups is 1. The van der Waals surface area contributed by atoms with Gasteiger partial charge in [0.2, 0.25) is 0 Å². The number of nitrogens with zero attached hydrogens (tertiary/aromatic N) is 2. The highest BCUT2D eigenvalue weighted by molar-refractivity contribution is 6.30. The number of nitrogens with one attached hydrogen (secondary N) is 2. The molecule has 0 saturated heterocycles. The van der Waals surface area contributed by atoms with Gasteiger partial charge in [-0.05, 0) is 48.4 Å². The molecule has 10 heteroatoms. The number of benzene rings is 2. The molecule has 176 valence electrons. The average molecular weight is 483 g/mol. The van der Waals surface area contributed by atoms with Crippen LogP contribution in [0.1, 0.15) is 15.9 Å². The summed E-state index contributed by atoms with van der Waals surface area (Å²) in [6.45, 7) is 0.344. The van der Waals surface area contributed by atoms with E-state index in [0.29, 0.717) is 35.2 Å². The Hall–Kier alpha value is -3.98. The SMILES string of the molecule is COc1ccc(CCNC(=O)c2cn(C)c3c(=O)n(-c4ccc(Cl)cc4)c(=O)[nH]c23)cc1OC. The number of halogens is 1. The summed E-state index contributed by atoms with van der Waals surface area (Å²) in [5, 5.41) is 3.33. The first kappa shape index (κ1) is 23.2. The third kappa shape index (κ3) is 4.29. The number of methoxy groups -OCH3 is 2. The van der Waals surface area contributed by atoms with E-state index in [-0.39, 0.29) is 16.6 Å². The first-order valence-corrected chi connectivity index (χ1v) is 10.8. The maximum Gasteiger partial charge on any atom is 0.333 e. The second-order valence-corrected chi connectivity index (χ2v) is 8.06. The van der Waals surface area contributed by atoms with Gasteiger partial charge in [0.1, 0.15) is 5.52 Å². The fourth-order valence-electron chi connectivity index (χ4n) is 3.82.